The Kier molecular flexibility index (Phi) is 2.04. The number of nitrogens with one attached hydrogen (secondary N) is 1. The highest BCUT2D eigenvalue weighted by molar-refractivity contribution is 9.10. The fourth-order valence-corrected chi connectivity index (χ4v) is 1.90. The number of ether oxygens (including phenoxy) is 1. The third-order valence-corrected chi connectivity index (χ3v) is 2.60. The third-order valence-electron chi connectivity index (χ3n) is 2.14. The van der Waals surface area contributed by atoms with Crippen LogP contribution < -0.4 is 4.74 Å². The number of aromatic amines is 1. The molecule has 1 N–H and O–H groups in total. The molecule has 2 nitrogen and oxygen atoms in total. The van der Waals surface area contributed by atoms with Crippen LogP contribution in [0, 0.1) is 6.92 Å². The van der Waals surface area contributed by atoms with Crippen molar-refractivity contribution in [2.75, 3.05) is 7.11 Å². The molecular formula is C10H10BrNO. The smallest absolute Gasteiger partial charge is 0.144 e. The van der Waals surface area contributed by atoms with Crippen molar-refractivity contribution in [1.82, 2.24) is 4.98 Å². The van der Waals surface area contributed by atoms with Crippen LogP contribution >= 0.6 is 15.9 Å². The van der Waals surface area contributed by atoms with Gasteiger partial charge >= 0.3 is 0 Å². The summed E-state index contributed by atoms with van der Waals surface area (Å²) in [4.78, 5) is 3.19. The maximum atomic E-state index is 5.26. The van der Waals surface area contributed by atoms with Crippen LogP contribution in [-0.2, 0) is 0 Å². The molecule has 0 aliphatic heterocycles. The van der Waals surface area contributed by atoms with Crippen LogP contribution in [-0.4, -0.2) is 12.1 Å². The van der Waals surface area contributed by atoms with Gasteiger partial charge in [0.2, 0.25) is 0 Å². The number of hydrogen-bond donors (Lipinski definition) is 1. The first-order valence-corrected chi connectivity index (χ1v) is 4.83. The van der Waals surface area contributed by atoms with E-state index in [-0.39, 0.29) is 0 Å². The zero-order chi connectivity index (χ0) is 9.42. The molecule has 2 rings (SSSR count). The molecule has 0 spiro atoms. The van der Waals surface area contributed by atoms with Crippen molar-refractivity contribution in [3.8, 4) is 5.75 Å². The molecule has 0 saturated heterocycles. The number of aromatic nitrogens is 1. The van der Waals surface area contributed by atoms with Gasteiger partial charge in [0.05, 0.1) is 12.6 Å². The topological polar surface area (TPSA) is 25.0 Å². The van der Waals surface area contributed by atoms with Gasteiger partial charge in [0, 0.05) is 16.1 Å². The maximum Gasteiger partial charge on any atom is 0.144 e. The predicted octanol–water partition coefficient (Wildman–Crippen LogP) is 3.25. The number of rotatable bonds is 1. The Labute approximate surface area is 85.0 Å². The summed E-state index contributed by atoms with van der Waals surface area (Å²) in [5.74, 6) is 0.873. The van der Waals surface area contributed by atoms with Gasteiger partial charge in [-0.25, -0.2) is 0 Å². The van der Waals surface area contributed by atoms with E-state index in [0.29, 0.717) is 0 Å². The summed E-state index contributed by atoms with van der Waals surface area (Å²) in [6.07, 6.45) is 1.99. The van der Waals surface area contributed by atoms with Crippen LogP contribution in [0.5, 0.6) is 5.75 Å². The molecule has 0 radical (unpaired) electrons. The molecular weight excluding hydrogens is 230 g/mol. The Morgan fingerprint density at radius 1 is 1.38 bits per heavy atom. The summed E-state index contributed by atoms with van der Waals surface area (Å²) in [5.41, 5.74) is 2.29. The van der Waals surface area contributed by atoms with Gasteiger partial charge < -0.3 is 9.72 Å². The number of hydrogen-bond acceptors (Lipinski definition) is 1. The summed E-state index contributed by atoms with van der Waals surface area (Å²) in [6, 6.07) is 4.04. The first-order valence-electron chi connectivity index (χ1n) is 4.03. The van der Waals surface area contributed by atoms with E-state index in [0.717, 1.165) is 15.7 Å². The lowest BCUT2D eigenvalue weighted by Crippen LogP contribution is -1.84. The molecule has 0 saturated carbocycles. The van der Waals surface area contributed by atoms with E-state index in [4.69, 9.17) is 4.74 Å². The summed E-state index contributed by atoms with van der Waals surface area (Å²) < 4.78 is 6.30. The van der Waals surface area contributed by atoms with E-state index in [2.05, 4.69) is 33.9 Å². The van der Waals surface area contributed by atoms with Gasteiger partial charge in [0.1, 0.15) is 5.75 Å². The Balaban J connectivity index is 2.84. The number of H-pyrrole nitrogens is 1. The van der Waals surface area contributed by atoms with E-state index in [1.165, 1.54) is 10.9 Å². The molecule has 0 amide bonds. The third kappa shape index (κ3) is 1.33. The first kappa shape index (κ1) is 8.63. The minimum absolute atomic E-state index is 0.873. The molecule has 1 aromatic heterocycles. The van der Waals surface area contributed by atoms with Crippen molar-refractivity contribution in [1.29, 1.82) is 0 Å². The second kappa shape index (κ2) is 3.07. The predicted molar refractivity (Wildman–Crippen MR) is 57.3 cm³/mol. The fraction of sp³-hybridized carbons (Fsp3) is 0.200. The Bertz CT molecular complexity index is 447. The van der Waals surface area contributed by atoms with E-state index in [1.807, 2.05) is 12.3 Å². The van der Waals surface area contributed by atoms with Crippen LogP contribution in [0.2, 0.25) is 0 Å². The molecule has 13 heavy (non-hydrogen) atoms. The highest BCUT2D eigenvalue weighted by Crippen LogP contribution is 2.30. The number of fused-ring (bicyclic) bond motifs is 1. The standard InChI is InChI=1S/C10H10BrNO/c1-6-5-12-10-8(6)3-7(11)4-9(10)13-2/h3-5,12H,1-2H3. The van der Waals surface area contributed by atoms with Crippen molar-refractivity contribution < 1.29 is 4.74 Å². The second-order valence-electron chi connectivity index (χ2n) is 3.00. The molecule has 1 heterocycles. The van der Waals surface area contributed by atoms with Crippen molar-refractivity contribution in [3.63, 3.8) is 0 Å². The van der Waals surface area contributed by atoms with Crippen LogP contribution in [0.15, 0.2) is 22.8 Å². The monoisotopic (exact) mass is 239 g/mol. The zero-order valence-corrected chi connectivity index (χ0v) is 9.10. The van der Waals surface area contributed by atoms with Gasteiger partial charge in [-0.3, -0.25) is 0 Å². The van der Waals surface area contributed by atoms with Crippen molar-refractivity contribution in [2.45, 2.75) is 6.92 Å². The Morgan fingerprint density at radius 2 is 2.15 bits per heavy atom. The van der Waals surface area contributed by atoms with Gasteiger partial charge in [0.25, 0.3) is 0 Å². The molecule has 0 bridgehead atoms. The van der Waals surface area contributed by atoms with Crippen LogP contribution in [0.1, 0.15) is 5.56 Å². The van der Waals surface area contributed by atoms with Crippen LogP contribution in [0.4, 0.5) is 0 Å². The average molecular weight is 240 g/mol. The minimum atomic E-state index is 0.873. The molecule has 0 unspecified atom stereocenters. The summed E-state index contributed by atoms with van der Waals surface area (Å²) in [5, 5.41) is 1.20. The molecule has 3 heteroatoms. The number of benzene rings is 1. The van der Waals surface area contributed by atoms with Gasteiger partial charge in [-0.15, -0.1) is 0 Å². The lowest BCUT2D eigenvalue weighted by Gasteiger charge is -2.02. The lowest BCUT2D eigenvalue weighted by molar-refractivity contribution is 0.419. The molecule has 0 aliphatic carbocycles. The second-order valence-corrected chi connectivity index (χ2v) is 3.92. The Hall–Kier alpha value is -0.960. The van der Waals surface area contributed by atoms with Crippen molar-refractivity contribution >= 4 is 26.8 Å². The van der Waals surface area contributed by atoms with Crippen LogP contribution in [0.3, 0.4) is 0 Å². The summed E-state index contributed by atoms with van der Waals surface area (Å²) >= 11 is 3.45. The van der Waals surface area contributed by atoms with E-state index >= 15 is 0 Å². The van der Waals surface area contributed by atoms with Gasteiger partial charge in [-0.05, 0) is 24.6 Å². The van der Waals surface area contributed by atoms with E-state index < -0.39 is 0 Å². The van der Waals surface area contributed by atoms with Gasteiger partial charge in [0.15, 0.2) is 0 Å². The molecule has 0 aliphatic rings. The average Bonchev–Trinajstić information content (AvgIpc) is 2.47. The van der Waals surface area contributed by atoms with Gasteiger partial charge in [-0.2, -0.15) is 0 Å². The summed E-state index contributed by atoms with van der Waals surface area (Å²) in [6.45, 7) is 2.07. The number of methoxy groups -OCH3 is 1. The highest BCUT2D eigenvalue weighted by Gasteiger charge is 2.06. The fourth-order valence-electron chi connectivity index (χ4n) is 1.46. The largest absolute Gasteiger partial charge is 0.495 e. The van der Waals surface area contributed by atoms with E-state index in [1.54, 1.807) is 7.11 Å². The van der Waals surface area contributed by atoms with Crippen molar-refractivity contribution in [3.05, 3.63) is 28.4 Å². The van der Waals surface area contributed by atoms with Crippen LogP contribution in [0.25, 0.3) is 10.9 Å². The molecule has 0 atom stereocenters. The zero-order valence-electron chi connectivity index (χ0n) is 7.52. The Morgan fingerprint density at radius 3 is 2.85 bits per heavy atom. The molecule has 2 aromatic rings. The molecule has 1 aromatic carbocycles. The number of aryl methyl sites for hydroxylation is 1. The SMILES string of the molecule is COc1cc(Br)cc2c(C)c[nH]c12. The van der Waals surface area contributed by atoms with E-state index in [9.17, 15) is 0 Å². The normalized spacial score (nSPS) is 10.7. The lowest BCUT2D eigenvalue weighted by atomic mass is 10.2. The van der Waals surface area contributed by atoms with Gasteiger partial charge in [-0.1, -0.05) is 15.9 Å². The number of halogens is 1. The van der Waals surface area contributed by atoms with Crippen molar-refractivity contribution in [2.24, 2.45) is 0 Å². The highest BCUT2D eigenvalue weighted by atomic mass is 79.9. The first-order chi connectivity index (χ1) is 6.22. The molecule has 0 fully saturated rings. The maximum absolute atomic E-state index is 5.26. The molecule has 68 valence electrons. The summed E-state index contributed by atoms with van der Waals surface area (Å²) in [7, 11) is 1.68. The quantitative estimate of drug-likeness (QED) is 0.813. The minimum Gasteiger partial charge on any atom is -0.495 e.